The third kappa shape index (κ3) is 2.41. The summed E-state index contributed by atoms with van der Waals surface area (Å²) in [7, 11) is 0. The summed E-state index contributed by atoms with van der Waals surface area (Å²) in [6.45, 7) is 0.590. The van der Waals surface area contributed by atoms with Crippen LogP contribution < -0.4 is 5.32 Å². The highest BCUT2D eigenvalue weighted by Gasteiger charge is 2.58. The highest BCUT2D eigenvalue weighted by Crippen LogP contribution is 2.35. The number of hydrogen-bond acceptors (Lipinski definition) is 4. The van der Waals surface area contributed by atoms with E-state index in [0.717, 1.165) is 19.2 Å². The van der Waals surface area contributed by atoms with E-state index in [1.54, 1.807) is 0 Å². The molecule has 1 aliphatic rings. The number of fused-ring (bicyclic) bond motifs is 1. The van der Waals surface area contributed by atoms with Gasteiger partial charge in [0.15, 0.2) is 0 Å². The Kier molecular flexibility index (Phi) is 3.58. The van der Waals surface area contributed by atoms with E-state index >= 15 is 0 Å². The standard InChI is InChI=1S/C12H14F3N3O2/c1-11(10(19)20,12(13,14)15)18-9-7-4-2-3-5-8(7)16-6-17-9/h6H,2-5H2,1H3,(H,19,20)(H,16,17,18). The first-order chi connectivity index (χ1) is 9.25. The molecule has 0 saturated heterocycles. The minimum absolute atomic E-state index is 0.0445. The van der Waals surface area contributed by atoms with Gasteiger partial charge in [0, 0.05) is 11.3 Å². The summed E-state index contributed by atoms with van der Waals surface area (Å²) in [6, 6.07) is 0. The molecule has 1 unspecified atom stereocenters. The lowest BCUT2D eigenvalue weighted by Gasteiger charge is -2.30. The molecule has 0 amide bonds. The van der Waals surface area contributed by atoms with Gasteiger partial charge in [0.2, 0.25) is 5.54 Å². The average molecular weight is 289 g/mol. The number of carbonyl (C=O) groups is 1. The quantitative estimate of drug-likeness (QED) is 0.892. The Balaban J connectivity index is 2.40. The molecule has 8 heteroatoms. The maximum Gasteiger partial charge on any atom is 0.422 e. The lowest BCUT2D eigenvalue weighted by atomic mass is 9.95. The molecule has 0 fully saturated rings. The smallest absolute Gasteiger partial charge is 0.422 e. The Morgan fingerprint density at radius 2 is 1.95 bits per heavy atom. The fraction of sp³-hybridized carbons (Fsp3) is 0.583. The van der Waals surface area contributed by atoms with Crippen molar-refractivity contribution in [2.24, 2.45) is 0 Å². The number of nitrogens with zero attached hydrogens (tertiary/aromatic N) is 2. The SMILES string of the molecule is CC(Nc1ncnc2c1CCCC2)(C(=O)O)C(F)(F)F. The van der Waals surface area contributed by atoms with Crippen molar-refractivity contribution in [3.63, 3.8) is 0 Å². The van der Waals surface area contributed by atoms with Crippen molar-refractivity contribution >= 4 is 11.8 Å². The zero-order valence-electron chi connectivity index (χ0n) is 10.8. The minimum atomic E-state index is -4.94. The van der Waals surface area contributed by atoms with Gasteiger partial charge >= 0.3 is 12.1 Å². The maximum absolute atomic E-state index is 13.0. The monoisotopic (exact) mass is 289 g/mol. The number of alkyl halides is 3. The van der Waals surface area contributed by atoms with Crippen LogP contribution in [0.2, 0.25) is 0 Å². The van der Waals surface area contributed by atoms with Gasteiger partial charge in [0.25, 0.3) is 0 Å². The largest absolute Gasteiger partial charge is 0.479 e. The zero-order valence-corrected chi connectivity index (χ0v) is 10.8. The van der Waals surface area contributed by atoms with Gasteiger partial charge in [-0.05, 0) is 32.6 Å². The second kappa shape index (κ2) is 4.92. The van der Waals surface area contributed by atoms with Crippen LogP contribution in [-0.4, -0.2) is 32.8 Å². The van der Waals surface area contributed by atoms with Gasteiger partial charge in [-0.2, -0.15) is 13.2 Å². The van der Waals surface area contributed by atoms with E-state index in [0.29, 0.717) is 31.0 Å². The number of anilines is 1. The molecule has 20 heavy (non-hydrogen) atoms. The van der Waals surface area contributed by atoms with Crippen LogP contribution >= 0.6 is 0 Å². The lowest BCUT2D eigenvalue weighted by Crippen LogP contribution is -2.56. The Morgan fingerprint density at radius 3 is 2.55 bits per heavy atom. The highest BCUT2D eigenvalue weighted by atomic mass is 19.4. The summed E-state index contributed by atoms with van der Waals surface area (Å²) in [5.41, 5.74) is -1.81. The molecule has 1 aromatic heterocycles. The van der Waals surface area contributed by atoms with Crippen LogP contribution in [0.5, 0.6) is 0 Å². The first-order valence-electron chi connectivity index (χ1n) is 6.17. The van der Waals surface area contributed by atoms with E-state index in [4.69, 9.17) is 5.11 Å². The summed E-state index contributed by atoms with van der Waals surface area (Å²) < 4.78 is 39.0. The molecule has 110 valence electrons. The Morgan fingerprint density at radius 1 is 1.30 bits per heavy atom. The molecule has 1 aliphatic carbocycles. The third-order valence-corrected chi connectivity index (χ3v) is 3.49. The predicted molar refractivity (Wildman–Crippen MR) is 64.4 cm³/mol. The molecule has 5 nitrogen and oxygen atoms in total. The van der Waals surface area contributed by atoms with Gasteiger partial charge in [-0.1, -0.05) is 0 Å². The van der Waals surface area contributed by atoms with E-state index in [9.17, 15) is 18.0 Å². The molecule has 1 atom stereocenters. The summed E-state index contributed by atoms with van der Waals surface area (Å²) in [5, 5.41) is 11.0. The number of halogens is 3. The Hall–Kier alpha value is -1.86. The Labute approximate surface area is 113 Å². The fourth-order valence-electron chi connectivity index (χ4n) is 2.11. The van der Waals surface area contributed by atoms with Crippen molar-refractivity contribution in [1.82, 2.24) is 9.97 Å². The van der Waals surface area contributed by atoms with Crippen LogP contribution in [0.1, 0.15) is 31.0 Å². The van der Waals surface area contributed by atoms with E-state index in [2.05, 4.69) is 9.97 Å². The molecule has 0 bridgehead atoms. The first kappa shape index (κ1) is 14.5. The molecule has 0 saturated carbocycles. The first-order valence-corrected chi connectivity index (χ1v) is 6.17. The fourth-order valence-corrected chi connectivity index (χ4v) is 2.11. The van der Waals surface area contributed by atoms with Crippen LogP contribution in [0.15, 0.2) is 6.33 Å². The molecule has 0 aromatic carbocycles. The van der Waals surface area contributed by atoms with Crippen LogP contribution in [0, 0.1) is 0 Å². The number of hydrogen-bond donors (Lipinski definition) is 2. The van der Waals surface area contributed by atoms with Gasteiger partial charge < -0.3 is 10.4 Å². The van der Waals surface area contributed by atoms with Gasteiger partial charge in [0.05, 0.1) is 0 Å². The van der Waals surface area contributed by atoms with Gasteiger partial charge in [-0.3, -0.25) is 0 Å². The number of rotatable bonds is 3. The van der Waals surface area contributed by atoms with Gasteiger partial charge in [-0.15, -0.1) is 0 Å². The number of aryl methyl sites for hydroxylation is 1. The molecular weight excluding hydrogens is 275 g/mol. The maximum atomic E-state index is 13.0. The molecule has 2 N–H and O–H groups in total. The van der Waals surface area contributed by atoms with Crippen LogP contribution in [0.3, 0.4) is 0 Å². The Bertz CT molecular complexity index is 533. The number of carboxylic acids is 1. The average Bonchev–Trinajstić information content (AvgIpc) is 2.37. The number of aromatic nitrogens is 2. The molecule has 2 rings (SSSR count). The van der Waals surface area contributed by atoms with Crippen LogP contribution in [-0.2, 0) is 17.6 Å². The number of carboxylic acid groups (broad SMARTS) is 1. The second-order valence-corrected chi connectivity index (χ2v) is 4.91. The molecule has 0 aliphatic heterocycles. The molecular formula is C12H14F3N3O2. The van der Waals surface area contributed by atoms with Crippen molar-refractivity contribution in [2.45, 2.75) is 44.3 Å². The summed E-state index contributed by atoms with van der Waals surface area (Å²) in [4.78, 5) is 18.8. The van der Waals surface area contributed by atoms with E-state index in [1.807, 2.05) is 5.32 Å². The second-order valence-electron chi connectivity index (χ2n) is 4.91. The summed E-state index contributed by atoms with van der Waals surface area (Å²) >= 11 is 0. The van der Waals surface area contributed by atoms with Crippen LogP contribution in [0.25, 0.3) is 0 Å². The van der Waals surface area contributed by atoms with E-state index in [1.165, 1.54) is 0 Å². The van der Waals surface area contributed by atoms with E-state index < -0.39 is 17.7 Å². The topological polar surface area (TPSA) is 75.1 Å². The molecule has 1 heterocycles. The lowest BCUT2D eigenvalue weighted by molar-refractivity contribution is -0.193. The van der Waals surface area contributed by atoms with Crippen molar-refractivity contribution < 1.29 is 23.1 Å². The summed E-state index contributed by atoms with van der Waals surface area (Å²) in [6.07, 6.45) is -0.825. The van der Waals surface area contributed by atoms with Crippen LogP contribution in [0.4, 0.5) is 19.0 Å². The van der Waals surface area contributed by atoms with Crippen molar-refractivity contribution in [1.29, 1.82) is 0 Å². The van der Waals surface area contributed by atoms with Crippen molar-refractivity contribution in [2.75, 3.05) is 5.32 Å². The van der Waals surface area contributed by atoms with Gasteiger partial charge in [-0.25, -0.2) is 14.8 Å². The minimum Gasteiger partial charge on any atom is -0.479 e. The highest BCUT2D eigenvalue weighted by molar-refractivity contribution is 5.83. The molecule has 0 spiro atoms. The van der Waals surface area contributed by atoms with E-state index in [-0.39, 0.29) is 5.82 Å². The van der Waals surface area contributed by atoms with Crippen molar-refractivity contribution in [3.8, 4) is 0 Å². The number of nitrogens with one attached hydrogen (secondary N) is 1. The third-order valence-electron chi connectivity index (χ3n) is 3.49. The number of aliphatic carboxylic acids is 1. The normalized spacial score (nSPS) is 18.0. The van der Waals surface area contributed by atoms with Crippen molar-refractivity contribution in [3.05, 3.63) is 17.6 Å². The zero-order chi connectivity index (χ0) is 15.0. The predicted octanol–water partition coefficient (Wildman–Crippen LogP) is 2.17. The molecule has 1 aromatic rings. The summed E-state index contributed by atoms with van der Waals surface area (Å²) in [5.74, 6) is -2.04. The van der Waals surface area contributed by atoms with Gasteiger partial charge in [0.1, 0.15) is 12.1 Å². The molecule has 0 radical (unpaired) electrons.